The van der Waals surface area contributed by atoms with Gasteiger partial charge in [0.2, 0.25) is 17.7 Å². The van der Waals surface area contributed by atoms with Gasteiger partial charge in [-0.3, -0.25) is 43.5 Å². The minimum absolute atomic E-state index is 0.0128. The van der Waals surface area contributed by atoms with Gasteiger partial charge in [-0.25, -0.2) is 4.79 Å². The lowest BCUT2D eigenvalue weighted by Crippen LogP contribution is -2.47. The number of hydrogen-bond acceptors (Lipinski definition) is 19. The lowest BCUT2D eigenvalue weighted by molar-refractivity contribution is -0.139. The summed E-state index contributed by atoms with van der Waals surface area (Å²) in [6, 6.07) is 3.82. The number of aliphatic carboxylic acids is 1. The van der Waals surface area contributed by atoms with Gasteiger partial charge in [-0.2, -0.15) is 8.42 Å². The number of primary amides is 1. The van der Waals surface area contributed by atoms with Gasteiger partial charge in [0.15, 0.2) is 17.3 Å². The monoisotopic (exact) mass is 1310 g/mol. The molecule has 13 N–H and O–H groups in total. The van der Waals surface area contributed by atoms with Gasteiger partial charge < -0.3 is 67.2 Å². The number of aromatic hydroxyl groups is 1. The Morgan fingerprint density at radius 2 is 1.10 bits per heavy atom. The molecule has 0 heterocycles. The lowest BCUT2D eigenvalue weighted by atomic mass is 9.90. The molecule has 0 aliphatic heterocycles. The number of hydrogen-bond donors (Lipinski definition) is 11. The summed E-state index contributed by atoms with van der Waals surface area (Å²) in [5.41, 5.74) is 12.6. The second-order valence-corrected chi connectivity index (χ2v) is 25.4. The van der Waals surface area contributed by atoms with E-state index in [2.05, 4.69) is 33.2 Å². The number of phenolic OH excluding ortho intramolecular Hbond substituents is 1. The maximum atomic E-state index is 13.7. The van der Waals surface area contributed by atoms with Gasteiger partial charge in [0.1, 0.15) is 30.8 Å². The predicted octanol–water partition coefficient (Wildman–Crippen LogP) is 6.10. The molecule has 0 saturated heterocycles. The average Bonchev–Trinajstić information content (AvgIpc) is 3.70. The smallest absolute Gasteiger partial charge is 0.326 e. The van der Waals surface area contributed by atoms with Crippen LogP contribution >= 0.6 is 0 Å². The first-order chi connectivity index (χ1) is 43.4. The van der Waals surface area contributed by atoms with Gasteiger partial charge in [-0.1, -0.05) is 110 Å². The zero-order chi connectivity index (χ0) is 67.5. The molecule has 3 amide bonds. The molecule has 0 aliphatic carbocycles. The van der Waals surface area contributed by atoms with Crippen LogP contribution in [0.1, 0.15) is 193 Å². The van der Waals surface area contributed by atoms with E-state index in [9.17, 15) is 57.0 Å². The number of Topliss-reactive ketones (excluding diaryl/α,β-unsaturated/α-hetero) is 4. The van der Waals surface area contributed by atoms with Crippen molar-refractivity contribution in [1.82, 2.24) is 26.6 Å². The molecule has 1 aromatic rings. The highest BCUT2D eigenvalue weighted by atomic mass is 32.2. The number of amides is 3. The number of carboxylic acids is 1. The van der Waals surface area contributed by atoms with Crippen LogP contribution in [-0.4, -0.2) is 179 Å². The Labute approximate surface area is 540 Å². The number of ether oxygens (including phenoxy) is 4. The summed E-state index contributed by atoms with van der Waals surface area (Å²) in [5, 5.41) is 41.6. The van der Waals surface area contributed by atoms with E-state index in [0.717, 1.165) is 51.4 Å². The first-order valence-electron chi connectivity index (χ1n) is 32.9. The first-order valence-corrected chi connectivity index (χ1v) is 34.5. The van der Waals surface area contributed by atoms with Crippen molar-refractivity contribution in [3.8, 4) is 5.75 Å². The highest BCUT2D eigenvalue weighted by molar-refractivity contribution is 7.85. The largest absolute Gasteiger partial charge is 0.508 e. The van der Waals surface area contributed by atoms with Crippen molar-refractivity contribution in [3.63, 3.8) is 0 Å². The molecule has 0 aromatic heterocycles. The summed E-state index contributed by atoms with van der Waals surface area (Å²) in [7, 11) is -3.85. The number of ketones is 4. The van der Waals surface area contributed by atoms with Crippen LogP contribution in [0.4, 0.5) is 0 Å². The fourth-order valence-corrected chi connectivity index (χ4v) is 10.4. The summed E-state index contributed by atoms with van der Waals surface area (Å²) in [6.45, 7) is 9.20. The van der Waals surface area contributed by atoms with Crippen molar-refractivity contribution >= 4 is 62.8 Å². The number of benzene rings is 1. The SMILES string of the molecule is C=C(CCCCCCCCCCCCCCCS(=O)(=O)O)N[C@@H](CCC(=O)NCCOCCOCC(=O)CCCOCCOCC(=O)NCCCC[C@H](NCC(=O)CC(C)C)C(=O)CN[C@@H](CCCCC(=N)N)C(=O)C[C@@H](Cc1ccc(O)cc1)C(N)=O)C(=O)O. The zero-order valence-corrected chi connectivity index (χ0v) is 55.3. The second-order valence-electron chi connectivity index (χ2n) is 23.9. The Kier molecular flexibility index (Phi) is 48.2. The normalized spacial score (nSPS) is 12.8. The molecular formula is C65H112N8O17S. The molecule has 25 nitrogen and oxygen atoms in total. The number of allylic oxidation sites excluding steroid dienone is 1. The van der Waals surface area contributed by atoms with E-state index in [4.69, 9.17) is 40.4 Å². The molecule has 0 bridgehead atoms. The third-order valence-corrected chi connectivity index (χ3v) is 15.8. The molecule has 4 atom stereocenters. The average molecular weight is 1310 g/mol. The lowest BCUT2D eigenvalue weighted by Gasteiger charge is -2.23. The molecule has 26 heteroatoms. The summed E-state index contributed by atoms with van der Waals surface area (Å²) in [4.78, 5) is 101. The van der Waals surface area contributed by atoms with Crippen molar-refractivity contribution in [1.29, 1.82) is 5.41 Å². The van der Waals surface area contributed by atoms with E-state index >= 15 is 0 Å². The Hall–Kier alpha value is -5.74. The Bertz CT molecular complexity index is 2380. The highest BCUT2D eigenvalue weighted by Crippen LogP contribution is 2.19. The summed E-state index contributed by atoms with van der Waals surface area (Å²) in [6.07, 6.45) is 18.4. The first kappa shape index (κ1) is 83.3. The molecular weight excluding hydrogens is 1200 g/mol. The molecule has 520 valence electrons. The van der Waals surface area contributed by atoms with Crippen LogP contribution in [0.5, 0.6) is 5.75 Å². The van der Waals surface area contributed by atoms with E-state index in [1.54, 1.807) is 12.1 Å². The predicted molar refractivity (Wildman–Crippen MR) is 349 cm³/mol. The Balaban J connectivity index is 2.24. The van der Waals surface area contributed by atoms with Gasteiger partial charge in [0.25, 0.3) is 10.1 Å². The van der Waals surface area contributed by atoms with Crippen LogP contribution in [0.3, 0.4) is 0 Å². The minimum Gasteiger partial charge on any atom is -0.508 e. The standard InChI is InChI=1S/C65H112N8O17S/c1-49(2)42-55(76)45-71-57(60(78)46-72-56(24-16-17-26-61(66)67)59(77)44-52(64(68)81)43-51-27-29-53(74)30-28-51)25-18-19-33-69-63(80)48-90-40-37-87-35-21-23-54(75)47-89-39-38-88-36-34-70-62(79)32-31-58(65(82)83)73-50(3)22-15-13-11-9-7-5-4-6-8-10-12-14-20-41-91(84,85)86/h27-30,49,52,56-58,71-74H,3-26,31-48H2,1-2H3,(H3,66,67)(H2,68,81)(H,69,80)(H,70,79)(H,82,83)(H,84,85,86)/t52-,56+,57+,58+/m1/s1. The Morgan fingerprint density at radius 3 is 1.69 bits per heavy atom. The van der Waals surface area contributed by atoms with E-state index in [1.165, 1.54) is 37.8 Å². The molecule has 1 aromatic carbocycles. The van der Waals surface area contributed by atoms with Crippen LogP contribution in [0.25, 0.3) is 0 Å². The third-order valence-electron chi connectivity index (χ3n) is 15.0. The molecule has 0 saturated carbocycles. The molecule has 1 rings (SSSR count). The van der Waals surface area contributed by atoms with Gasteiger partial charge in [-0.05, 0) is 94.2 Å². The quantitative estimate of drug-likeness (QED) is 0.0152. The van der Waals surface area contributed by atoms with Crippen molar-refractivity contribution in [2.24, 2.45) is 23.3 Å². The summed E-state index contributed by atoms with van der Waals surface area (Å²) >= 11 is 0. The minimum atomic E-state index is -3.85. The maximum Gasteiger partial charge on any atom is 0.326 e. The second kappa shape index (κ2) is 52.7. The van der Waals surface area contributed by atoms with E-state index in [0.29, 0.717) is 95.0 Å². The van der Waals surface area contributed by atoms with E-state index in [-0.39, 0.29) is 156 Å². The molecule has 0 radical (unpaired) electrons. The summed E-state index contributed by atoms with van der Waals surface area (Å²) in [5.74, 6) is -3.81. The van der Waals surface area contributed by atoms with Crippen LogP contribution in [0, 0.1) is 17.2 Å². The van der Waals surface area contributed by atoms with Crippen LogP contribution in [0.15, 0.2) is 36.5 Å². The number of carbonyl (C=O) groups excluding carboxylic acids is 7. The maximum absolute atomic E-state index is 13.7. The van der Waals surface area contributed by atoms with Crippen LogP contribution < -0.4 is 38.1 Å². The van der Waals surface area contributed by atoms with Gasteiger partial charge in [0, 0.05) is 63.4 Å². The number of rotatable bonds is 64. The number of amidine groups is 1. The third kappa shape index (κ3) is 49.6. The number of nitrogens with one attached hydrogen (secondary N) is 6. The number of carboxylic acid groups (broad SMARTS) is 1. The van der Waals surface area contributed by atoms with E-state index in [1.807, 2.05) is 13.8 Å². The molecule has 0 aliphatic rings. The topological polar surface area (TPSA) is 404 Å². The van der Waals surface area contributed by atoms with Crippen molar-refractivity contribution in [2.45, 2.75) is 212 Å². The van der Waals surface area contributed by atoms with Gasteiger partial charge in [0.05, 0.1) is 69.8 Å². The molecule has 0 fully saturated rings. The molecule has 0 unspecified atom stereocenters. The number of unbranched alkanes of at least 4 members (excludes halogenated alkanes) is 14. The molecule has 0 spiro atoms. The van der Waals surface area contributed by atoms with Gasteiger partial charge in [-0.15, -0.1) is 0 Å². The highest BCUT2D eigenvalue weighted by Gasteiger charge is 2.28. The fourth-order valence-electron chi connectivity index (χ4n) is 9.86. The summed E-state index contributed by atoms with van der Waals surface area (Å²) < 4.78 is 52.1. The number of nitrogens with two attached hydrogens (primary N) is 2. The Morgan fingerprint density at radius 1 is 0.560 bits per heavy atom. The van der Waals surface area contributed by atoms with Crippen molar-refractivity contribution in [3.05, 3.63) is 42.1 Å². The number of phenols is 1. The van der Waals surface area contributed by atoms with E-state index < -0.39 is 46.0 Å². The van der Waals surface area contributed by atoms with Crippen LogP contribution in [0.2, 0.25) is 0 Å². The van der Waals surface area contributed by atoms with Gasteiger partial charge >= 0.3 is 5.97 Å². The van der Waals surface area contributed by atoms with Crippen LogP contribution in [-0.2, 0) is 73.8 Å². The van der Waals surface area contributed by atoms with Crippen molar-refractivity contribution in [2.75, 3.05) is 84.8 Å². The molecule has 91 heavy (non-hydrogen) atoms. The number of carbonyl (C=O) groups is 8. The zero-order valence-electron chi connectivity index (χ0n) is 54.5. The van der Waals surface area contributed by atoms with Crippen molar-refractivity contribution < 1.29 is 80.5 Å². The fraction of sp³-hybridized carbons (Fsp3) is 0.738.